The molecule has 3 N–H and O–H groups in total. The van der Waals surface area contributed by atoms with Crippen LogP contribution in [0.1, 0.15) is 27.2 Å². The van der Waals surface area contributed by atoms with Crippen LogP contribution in [-0.4, -0.2) is 41.8 Å². The van der Waals surface area contributed by atoms with Gasteiger partial charge in [-0.25, -0.2) is 0 Å². The van der Waals surface area contributed by atoms with Crippen molar-refractivity contribution in [1.29, 1.82) is 0 Å². The Labute approximate surface area is 136 Å². The van der Waals surface area contributed by atoms with Crippen LogP contribution in [0, 0.1) is 29.1 Å². The molecule has 1 heterocycles. The third-order valence-electron chi connectivity index (χ3n) is 5.41. The van der Waals surface area contributed by atoms with E-state index in [4.69, 9.17) is 5.73 Å². The van der Waals surface area contributed by atoms with E-state index in [0.717, 1.165) is 6.42 Å². The Morgan fingerprint density at radius 1 is 1.26 bits per heavy atom. The normalized spacial score (nSPS) is 33.3. The molecule has 2 bridgehead atoms. The number of hydrogen-bond acceptors (Lipinski definition) is 4. The Balaban J connectivity index is 1.55. The van der Waals surface area contributed by atoms with E-state index in [0.29, 0.717) is 0 Å². The van der Waals surface area contributed by atoms with Gasteiger partial charge in [-0.2, -0.15) is 0 Å². The van der Waals surface area contributed by atoms with Crippen LogP contribution in [0.3, 0.4) is 0 Å². The fourth-order valence-corrected chi connectivity index (χ4v) is 3.98. The van der Waals surface area contributed by atoms with Crippen molar-refractivity contribution in [3.8, 4) is 0 Å². The van der Waals surface area contributed by atoms with Crippen molar-refractivity contribution in [1.82, 2.24) is 10.2 Å². The first-order chi connectivity index (χ1) is 10.7. The molecule has 6 nitrogen and oxygen atoms in total. The summed E-state index contributed by atoms with van der Waals surface area (Å²) in [7, 11) is 0. The lowest BCUT2D eigenvalue weighted by molar-refractivity contribution is -0.141. The molecule has 0 aromatic heterocycles. The number of likely N-dealkylation sites (tertiary alicyclic amines) is 1. The number of nitrogens with two attached hydrogens (primary N) is 1. The van der Waals surface area contributed by atoms with Gasteiger partial charge >= 0.3 is 0 Å². The zero-order chi connectivity index (χ0) is 16.9. The van der Waals surface area contributed by atoms with E-state index in [2.05, 4.69) is 17.5 Å². The largest absolute Gasteiger partial charge is 0.353 e. The summed E-state index contributed by atoms with van der Waals surface area (Å²) in [4.78, 5) is 38.3. The van der Waals surface area contributed by atoms with Gasteiger partial charge in [-0.3, -0.25) is 19.3 Å². The molecule has 0 aromatic carbocycles. The summed E-state index contributed by atoms with van der Waals surface area (Å²) in [5, 5.41) is 2.74. The predicted octanol–water partition coefficient (Wildman–Crippen LogP) is 0.283. The molecule has 2 aliphatic carbocycles. The number of rotatable bonds is 4. The van der Waals surface area contributed by atoms with Gasteiger partial charge in [0.15, 0.2) is 0 Å². The van der Waals surface area contributed by atoms with Crippen LogP contribution in [0.25, 0.3) is 0 Å². The van der Waals surface area contributed by atoms with Crippen LogP contribution >= 0.6 is 0 Å². The van der Waals surface area contributed by atoms with Crippen molar-refractivity contribution in [3.63, 3.8) is 0 Å². The van der Waals surface area contributed by atoms with E-state index < -0.39 is 6.04 Å². The number of carbonyl (C=O) groups excluding carboxylic acids is 3. The standard InChI is InChI=1S/C17H25N3O3/c1-17(2,3)13(18)14(21)19-6-7-20-15(22)11-9-4-5-10(8-9)12(11)16(20)23/h4-5,9-13H,6-8,18H2,1-3H3,(H,19,21)/t9?,10?,11?,12?,13-/m1/s1. The number of hydrogen-bond donors (Lipinski definition) is 2. The number of nitrogens with zero attached hydrogens (tertiary/aromatic N) is 1. The molecular weight excluding hydrogens is 294 g/mol. The molecule has 1 aliphatic heterocycles. The highest BCUT2D eigenvalue weighted by molar-refractivity contribution is 6.06. The number of allylic oxidation sites excluding steroid dienone is 2. The Morgan fingerprint density at radius 3 is 2.26 bits per heavy atom. The van der Waals surface area contributed by atoms with E-state index in [-0.39, 0.29) is 59.9 Å². The number of imide groups is 1. The van der Waals surface area contributed by atoms with E-state index in [1.165, 1.54) is 4.90 Å². The van der Waals surface area contributed by atoms with Crippen LogP contribution in [-0.2, 0) is 14.4 Å². The molecule has 2 fully saturated rings. The van der Waals surface area contributed by atoms with Crippen molar-refractivity contribution in [3.05, 3.63) is 12.2 Å². The average Bonchev–Trinajstić information content (AvgIpc) is 3.14. The molecule has 3 aliphatic rings. The van der Waals surface area contributed by atoms with Gasteiger partial charge in [0, 0.05) is 13.1 Å². The van der Waals surface area contributed by atoms with Crippen molar-refractivity contribution in [2.45, 2.75) is 33.2 Å². The first-order valence-electron chi connectivity index (χ1n) is 8.28. The maximum Gasteiger partial charge on any atom is 0.237 e. The van der Waals surface area contributed by atoms with Gasteiger partial charge in [0.1, 0.15) is 0 Å². The number of fused-ring (bicyclic) bond motifs is 5. The summed E-state index contributed by atoms with van der Waals surface area (Å²) in [5.41, 5.74) is 5.57. The minimum Gasteiger partial charge on any atom is -0.353 e. The van der Waals surface area contributed by atoms with Gasteiger partial charge in [-0.1, -0.05) is 32.9 Å². The van der Waals surface area contributed by atoms with Gasteiger partial charge in [-0.05, 0) is 23.7 Å². The molecule has 6 heteroatoms. The molecule has 23 heavy (non-hydrogen) atoms. The second-order valence-electron chi connectivity index (χ2n) is 7.96. The summed E-state index contributed by atoms with van der Waals surface area (Å²) in [6, 6.07) is -0.619. The molecule has 1 saturated carbocycles. The third-order valence-corrected chi connectivity index (χ3v) is 5.41. The molecule has 3 rings (SSSR count). The fraction of sp³-hybridized carbons (Fsp3) is 0.706. The topological polar surface area (TPSA) is 92.5 Å². The van der Waals surface area contributed by atoms with Crippen LogP contribution in [0.5, 0.6) is 0 Å². The monoisotopic (exact) mass is 319 g/mol. The van der Waals surface area contributed by atoms with Crippen LogP contribution < -0.4 is 11.1 Å². The lowest BCUT2D eigenvalue weighted by Crippen LogP contribution is -2.50. The van der Waals surface area contributed by atoms with Gasteiger partial charge in [-0.15, -0.1) is 0 Å². The van der Waals surface area contributed by atoms with E-state index in [1.54, 1.807) is 0 Å². The van der Waals surface area contributed by atoms with Crippen molar-refractivity contribution < 1.29 is 14.4 Å². The molecule has 1 saturated heterocycles. The summed E-state index contributed by atoms with van der Waals surface area (Å²) in [5.74, 6) is -0.322. The summed E-state index contributed by atoms with van der Waals surface area (Å²) in [6.07, 6.45) is 5.08. The average molecular weight is 319 g/mol. The summed E-state index contributed by atoms with van der Waals surface area (Å²) < 4.78 is 0. The third kappa shape index (κ3) is 2.59. The Kier molecular flexibility index (Phi) is 3.83. The summed E-state index contributed by atoms with van der Waals surface area (Å²) in [6.45, 7) is 6.17. The maximum atomic E-state index is 12.5. The second-order valence-corrected chi connectivity index (χ2v) is 7.96. The van der Waals surface area contributed by atoms with Gasteiger partial charge in [0.25, 0.3) is 0 Å². The zero-order valence-corrected chi connectivity index (χ0v) is 13.9. The minimum atomic E-state index is -0.619. The van der Waals surface area contributed by atoms with E-state index in [9.17, 15) is 14.4 Å². The summed E-state index contributed by atoms with van der Waals surface area (Å²) >= 11 is 0. The Morgan fingerprint density at radius 2 is 1.78 bits per heavy atom. The SMILES string of the molecule is CC(C)(C)[C@H](N)C(=O)NCCN1C(=O)C2C3C=CC(C3)C2C1=O. The van der Waals surface area contributed by atoms with Gasteiger partial charge in [0.2, 0.25) is 17.7 Å². The minimum absolute atomic E-state index is 0.0776. The van der Waals surface area contributed by atoms with E-state index in [1.807, 2.05) is 20.8 Å². The number of nitrogens with one attached hydrogen (secondary N) is 1. The zero-order valence-electron chi connectivity index (χ0n) is 13.9. The van der Waals surface area contributed by atoms with Crippen molar-refractivity contribution in [2.75, 3.05) is 13.1 Å². The van der Waals surface area contributed by atoms with Gasteiger partial charge < -0.3 is 11.1 Å². The van der Waals surface area contributed by atoms with Crippen molar-refractivity contribution >= 4 is 17.7 Å². The molecule has 0 aromatic rings. The van der Waals surface area contributed by atoms with Crippen LogP contribution in [0.15, 0.2) is 12.2 Å². The highest BCUT2D eigenvalue weighted by Crippen LogP contribution is 2.52. The lowest BCUT2D eigenvalue weighted by Gasteiger charge is -2.26. The molecule has 3 amide bonds. The molecule has 0 spiro atoms. The van der Waals surface area contributed by atoms with Crippen LogP contribution in [0.4, 0.5) is 0 Å². The quantitative estimate of drug-likeness (QED) is 0.575. The first-order valence-corrected chi connectivity index (χ1v) is 8.28. The Bertz CT molecular complexity index is 548. The molecular formula is C17H25N3O3. The smallest absolute Gasteiger partial charge is 0.237 e. The van der Waals surface area contributed by atoms with E-state index >= 15 is 0 Å². The highest BCUT2D eigenvalue weighted by atomic mass is 16.2. The Hall–Kier alpha value is -1.69. The predicted molar refractivity (Wildman–Crippen MR) is 84.9 cm³/mol. The number of amides is 3. The molecule has 5 atom stereocenters. The maximum absolute atomic E-state index is 12.5. The number of carbonyl (C=O) groups is 3. The van der Waals surface area contributed by atoms with Crippen molar-refractivity contribution in [2.24, 2.45) is 34.8 Å². The molecule has 4 unspecified atom stereocenters. The highest BCUT2D eigenvalue weighted by Gasteiger charge is 2.58. The second kappa shape index (κ2) is 5.44. The molecule has 126 valence electrons. The van der Waals surface area contributed by atoms with Crippen LogP contribution in [0.2, 0.25) is 0 Å². The molecule has 0 radical (unpaired) electrons. The van der Waals surface area contributed by atoms with Gasteiger partial charge in [0.05, 0.1) is 17.9 Å². The lowest BCUT2D eigenvalue weighted by atomic mass is 9.85. The fourth-order valence-electron chi connectivity index (χ4n) is 3.98. The first kappa shape index (κ1) is 16.2.